The maximum absolute atomic E-state index is 11.9. The van der Waals surface area contributed by atoms with Gasteiger partial charge < -0.3 is 10.6 Å². The van der Waals surface area contributed by atoms with Crippen LogP contribution in [0, 0.1) is 0 Å². The molecule has 0 aliphatic heterocycles. The molecule has 0 aliphatic rings. The molecule has 0 saturated heterocycles. The van der Waals surface area contributed by atoms with Gasteiger partial charge in [0.25, 0.3) is 0 Å². The fourth-order valence-corrected chi connectivity index (χ4v) is 2.29. The summed E-state index contributed by atoms with van der Waals surface area (Å²) in [4.78, 5) is 20.7. The Hall–Kier alpha value is -2.69. The highest BCUT2D eigenvalue weighted by Gasteiger charge is 2.10. The highest BCUT2D eigenvalue weighted by Crippen LogP contribution is 2.29. The summed E-state index contributed by atoms with van der Waals surface area (Å²) in [6, 6.07) is 9.35. The van der Waals surface area contributed by atoms with Crippen LogP contribution >= 0.6 is 0 Å². The molecule has 0 radical (unpaired) electrons. The highest BCUT2D eigenvalue weighted by atomic mass is 16.2. The van der Waals surface area contributed by atoms with Gasteiger partial charge in [0.05, 0.1) is 16.7 Å². The number of fused-ring (bicyclic) bond motifs is 3. The molecule has 106 valence electrons. The van der Waals surface area contributed by atoms with Gasteiger partial charge in [0.2, 0.25) is 0 Å². The second-order valence-electron chi connectivity index (χ2n) is 4.78. The number of hydrogen-bond donors (Lipinski definition) is 2. The van der Waals surface area contributed by atoms with Crippen LogP contribution in [0.4, 0.5) is 10.5 Å². The number of hydrogen-bond acceptors (Lipinski definition) is 3. The van der Waals surface area contributed by atoms with Crippen molar-refractivity contribution >= 4 is 33.5 Å². The Bertz CT molecular complexity index is 800. The fraction of sp³-hybridized carbons (Fsp3) is 0.188. The van der Waals surface area contributed by atoms with Gasteiger partial charge in [-0.05, 0) is 30.7 Å². The lowest BCUT2D eigenvalue weighted by Crippen LogP contribution is -2.29. The number of pyridine rings is 2. The molecule has 2 heterocycles. The lowest BCUT2D eigenvalue weighted by Gasteiger charge is -2.11. The van der Waals surface area contributed by atoms with Crippen molar-refractivity contribution in [1.82, 2.24) is 15.3 Å². The Morgan fingerprint density at radius 2 is 1.90 bits per heavy atom. The number of carbonyl (C=O) groups is 1. The van der Waals surface area contributed by atoms with Crippen molar-refractivity contribution in [1.29, 1.82) is 0 Å². The average molecular weight is 280 g/mol. The van der Waals surface area contributed by atoms with E-state index >= 15 is 0 Å². The summed E-state index contributed by atoms with van der Waals surface area (Å²) in [6.45, 7) is 2.67. The van der Waals surface area contributed by atoms with Crippen molar-refractivity contribution in [3.05, 3.63) is 42.7 Å². The Kier molecular flexibility index (Phi) is 3.64. The molecular weight excluding hydrogens is 264 g/mol. The molecule has 0 unspecified atom stereocenters. The molecule has 2 N–H and O–H groups in total. The van der Waals surface area contributed by atoms with E-state index in [1.807, 2.05) is 37.3 Å². The third-order valence-corrected chi connectivity index (χ3v) is 3.24. The standard InChI is InChI=1S/C16H16N4O/c1-2-7-19-16(21)20-13-10-11-5-3-8-17-14(11)15-12(13)6-4-9-18-15/h3-6,8-10H,2,7H2,1H3,(H2,19,20,21). The number of benzene rings is 1. The van der Waals surface area contributed by atoms with E-state index in [0.717, 1.165) is 33.9 Å². The number of nitrogens with zero attached hydrogens (tertiary/aromatic N) is 2. The zero-order chi connectivity index (χ0) is 14.7. The number of aromatic nitrogens is 2. The summed E-state index contributed by atoms with van der Waals surface area (Å²) in [7, 11) is 0. The van der Waals surface area contributed by atoms with E-state index in [9.17, 15) is 4.79 Å². The predicted molar refractivity (Wildman–Crippen MR) is 84.4 cm³/mol. The van der Waals surface area contributed by atoms with Crippen molar-refractivity contribution in [2.24, 2.45) is 0 Å². The smallest absolute Gasteiger partial charge is 0.319 e. The first kappa shape index (κ1) is 13.3. The number of carbonyl (C=O) groups excluding carboxylic acids is 1. The minimum absolute atomic E-state index is 0.203. The third-order valence-electron chi connectivity index (χ3n) is 3.24. The SMILES string of the molecule is CCCNC(=O)Nc1cc2cccnc2c2ncccc12. The fourth-order valence-electron chi connectivity index (χ4n) is 2.29. The van der Waals surface area contributed by atoms with Crippen LogP contribution in [0.25, 0.3) is 21.8 Å². The molecule has 1 aromatic carbocycles. The molecule has 5 nitrogen and oxygen atoms in total. The molecule has 3 rings (SSSR count). The van der Waals surface area contributed by atoms with Crippen LogP contribution in [-0.4, -0.2) is 22.5 Å². The summed E-state index contributed by atoms with van der Waals surface area (Å²) in [5.41, 5.74) is 2.38. The van der Waals surface area contributed by atoms with Gasteiger partial charge in [0.1, 0.15) is 0 Å². The molecule has 0 saturated carbocycles. The van der Waals surface area contributed by atoms with E-state index in [1.54, 1.807) is 12.4 Å². The molecule has 0 spiro atoms. The monoisotopic (exact) mass is 280 g/mol. The van der Waals surface area contributed by atoms with Crippen LogP contribution in [0.3, 0.4) is 0 Å². The summed E-state index contributed by atoms with van der Waals surface area (Å²) < 4.78 is 0. The molecule has 0 bridgehead atoms. The summed E-state index contributed by atoms with van der Waals surface area (Å²) in [5.74, 6) is 0. The first-order valence-corrected chi connectivity index (χ1v) is 6.97. The molecule has 0 atom stereocenters. The van der Waals surface area contributed by atoms with Crippen LogP contribution in [0.1, 0.15) is 13.3 Å². The zero-order valence-corrected chi connectivity index (χ0v) is 11.8. The van der Waals surface area contributed by atoms with E-state index in [4.69, 9.17) is 0 Å². The van der Waals surface area contributed by atoms with Crippen LogP contribution in [0.2, 0.25) is 0 Å². The maximum atomic E-state index is 11.9. The minimum atomic E-state index is -0.203. The van der Waals surface area contributed by atoms with Gasteiger partial charge in [-0.2, -0.15) is 0 Å². The van der Waals surface area contributed by atoms with E-state index < -0.39 is 0 Å². The van der Waals surface area contributed by atoms with E-state index in [0.29, 0.717) is 6.54 Å². The molecule has 0 aliphatic carbocycles. The molecule has 3 aromatic rings. The van der Waals surface area contributed by atoms with Gasteiger partial charge in [-0.25, -0.2) is 4.79 Å². The van der Waals surface area contributed by atoms with Gasteiger partial charge >= 0.3 is 6.03 Å². The van der Waals surface area contributed by atoms with Crippen molar-refractivity contribution in [3.63, 3.8) is 0 Å². The van der Waals surface area contributed by atoms with Gasteiger partial charge in [-0.1, -0.05) is 13.0 Å². The van der Waals surface area contributed by atoms with Crippen molar-refractivity contribution < 1.29 is 4.79 Å². The topological polar surface area (TPSA) is 66.9 Å². The molecule has 0 fully saturated rings. The minimum Gasteiger partial charge on any atom is -0.338 e. The lowest BCUT2D eigenvalue weighted by atomic mass is 10.1. The number of nitrogens with one attached hydrogen (secondary N) is 2. The normalized spacial score (nSPS) is 10.7. The lowest BCUT2D eigenvalue weighted by molar-refractivity contribution is 0.252. The first-order valence-electron chi connectivity index (χ1n) is 6.97. The van der Waals surface area contributed by atoms with E-state index in [2.05, 4.69) is 20.6 Å². The second-order valence-corrected chi connectivity index (χ2v) is 4.78. The molecule has 5 heteroatoms. The Morgan fingerprint density at radius 3 is 2.71 bits per heavy atom. The van der Waals surface area contributed by atoms with E-state index in [1.165, 1.54) is 0 Å². The third kappa shape index (κ3) is 2.63. The Balaban J connectivity index is 2.10. The Morgan fingerprint density at radius 1 is 1.14 bits per heavy atom. The summed E-state index contributed by atoms with van der Waals surface area (Å²) >= 11 is 0. The molecule has 21 heavy (non-hydrogen) atoms. The summed E-state index contributed by atoms with van der Waals surface area (Å²) in [6.07, 6.45) is 4.38. The maximum Gasteiger partial charge on any atom is 0.319 e. The Labute approximate surface area is 122 Å². The average Bonchev–Trinajstić information content (AvgIpc) is 2.53. The van der Waals surface area contributed by atoms with Crippen molar-refractivity contribution in [2.45, 2.75) is 13.3 Å². The predicted octanol–water partition coefficient (Wildman–Crippen LogP) is 3.31. The van der Waals surface area contributed by atoms with Crippen molar-refractivity contribution in [3.8, 4) is 0 Å². The van der Waals surface area contributed by atoms with Crippen LogP contribution in [-0.2, 0) is 0 Å². The van der Waals surface area contributed by atoms with Gasteiger partial charge in [0.15, 0.2) is 0 Å². The molecule has 2 aromatic heterocycles. The van der Waals surface area contributed by atoms with Crippen LogP contribution in [0.5, 0.6) is 0 Å². The van der Waals surface area contributed by atoms with E-state index in [-0.39, 0.29) is 6.03 Å². The number of rotatable bonds is 3. The second kappa shape index (κ2) is 5.75. The number of anilines is 1. The molecule has 2 amide bonds. The first-order chi connectivity index (χ1) is 10.3. The largest absolute Gasteiger partial charge is 0.338 e. The highest BCUT2D eigenvalue weighted by molar-refractivity contribution is 6.11. The van der Waals surface area contributed by atoms with Crippen LogP contribution in [0.15, 0.2) is 42.7 Å². The number of amides is 2. The van der Waals surface area contributed by atoms with Gasteiger partial charge in [-0.3, -0.25) is 9.97 Å². The number of urea groups is 1. The summed E-state index contributed by atoms with van der Waals surface area (Å²) in [5, 5.41) is 7.54. The van der Waals surface area contributed by atoms with Gasteiger partial charge in [-0.15, -0.1) is 0 Å². The quantitative estimate of drug-likeness (QED) is 0.723. The zero-order valence-electron chi connectivity index (χ0n) is 11.8. The van der Waals surface area contributed by atoms with Crippen molar-refractivity contribution in [2.75, 3.05) is 11.9 Å². The van der Waals surface area contributed by atoms with Crippen LogP contribution < -0.4 is 10.6 Å². The molecular formula is C16H16N4O. The van der Waals surface area contributed by atoms with Gasteiger partial charge in [0, 0.05) is 29.7 Å².